The highest BCUT2D eigenvalue weighted by atomic mass is 16.4. The van der Waals surface area contributed by atoms with E-state index in [9.17, 15) is 20.1 Å². The summed E-state index contributed by atoms with van der Waals surface area (Å²) in [6.07, 6.45) is 7.21. The quantitative estimate of drug-likeness (QED) is 0.273. The van der Waals surface area contributed by atoms with Crippen molar-refractivity contribution in [1.29, 1.82) is 0 Å². The smallest absolute Gasteiger partial charge is 0.304 e. The van der Waals surface area contributed by atoms with Gasteiger partial charge in [-0.2, -0.15) is 0 Å². The highest BCUT2D eigenvalue weighted by molar-refractivity contribution is 5.67. The third kappa shape index (κ3) is 12.7. The van der Waals surface area contributed by atoms with E-state index in [0.717, 1.165) is 19.3 Å². The van der Waals surface area contributed by atoms with E-state index in [4.69, 9.17) is 10.8 Å². The summed E-state index contributed by atoms with van der Waals surface area (Å²) >= 11 is 0. The molecule has 0 saturated carbocycles. The van der Waals surface area contributed by atoms with Crippen LogP contribution in [0.25, 0.3) is 0 Å². The Labute approximate surface area is 146 Å². The Morgan fingerprint density at radius 3 is 1.88 bits per heavy atom. The second-order valence-corrected chi connectivity index (χ2v) is 6.84. The van der Waals surface area contributed by atoms with Gasteiger partial charge in [-0.15, -0.1) is 0 Å². The standard InChI is InChI=1S/C18H37NO5/c1-2-3-4-5-6-7-8-9-10-11-15(20)18(24)16(21)12-14(19)13-17(22)23/h14-16,18,20-21,24H,2-13,19H2,1H3,(H,22,23)/t14-,15-,16+,18-/m1/s1. The van der Waals surface area contributed by atoms with E-state index in [0.29, 0.717) is 6.42 Å². The highest BCUT2D eigenvalue weighted by Gasteiger charge is 2.26. The number of carbonyl (C=O) groups is 1. The van der Waals surface area contributed by atoms with Gasteiger partial charge < -0.3 is 26.2 Å². The van der Waals surface area contributed by atoms with Gasteiger partial charge in [0.15, 0.2) is 0 Å². The Hall–Kier alpha value is -0.690. The lowest BCUT2D eigenvalue weighted by atomic mass is 9.96. The molecular formula is C18H37NO5. The van der Waals surface area contributed by atoms with Crippen LogP contribution in [-0.4, -0.2) is 50.7 Å². The number of nitrogens with two attached hydrogens (primary N) is 1. The van der Waals surface area contributed by atoms with Crippen molar-refractivity contribution in [1.82, 2.24) is 0 Å². The van der Waals surface area contributed by atoms with Crippen LogP contribution in [0.3, 0.4) is 0 Å². The summed E-state index contributed by atoms with van der Waals surface area (Å²) in [5, 5.41) is 38.3. The topological polar surface area (TPSA) is 124 Å². The number of carboxylic acids is 1. The first-order chi connectivity index (χ1) is 11.4. The molecule has 0 bridgehead atoms. The SMILES string of the molecule is CCCCCCCCCCC[C@@H](O)[C@@H](O)[C@@H](O)C[C@@H](N)CC(=O)O. The number of aliphatic hydroxyl groups is 3. The number of unbranched alkanes of at least 4 members (excludes halogenated alkanes) is 8. The van der Waals surface area contributed by atoms with Crippen LogP contribution in [0, 0.1) is 0 Å². The maximum absolute atomic E-state index is 10.5. The lowest BCUT2D eigenvalue weighted by Gasteiger charge is -2.24. The van der Waals surface area contributed by atoms with Gasteiger partial charge in [-0.1, -0.05) is 64.7 Å². The van der Waals surface area contributed by atoms with Gasteiger partial charge >= 0.3 is 5.97 Å². The fourth-order valence-corrected chi connectivity index (χ4v) is 2.85. The number of hydrogen-bond donors (Lipinski definition) is 5. The van der Waals surface area contributed by atoms with Gasteiger partial charge in [0.25, 0.3) is 0 Å². The average Bonchev–Trinajstić information content (AvgIpc) is 2.51. The van der Waals surface area contributed by atoms with Crippen molar-refractivity contribution in [3.05, 3.63) is 0 Å². The zero-order valence-corrected chi connectivity index (χ0v) is 15.1. The van der Waals surface area contributed by atoms with E-state index in [1.807, 2.05) is 0 Å². The van der Waals surface area contributed by atoms with Crippen molar-refractivity contribution in [2.45, 2.75) is 108 Å². The van der Waals surface area contributed by atoms with Crippen molar-refractivity contribution >= 4 is 5.97 Å². The van der Waals surface area contributed by atoms with E-state index in [2.05, 4.69) is 6.92 Å². The third-order valence-corrected chi connectivity index (χ3v) is 4.37. The maximum Gasteiger partial charge on any atom is 0.304 e. The maximum atomic E-state index is 10.5. The molecule has 0 aromatic heterocycles. The van der Waals surface area contributed by atoms with Gasteiger partial charge in [-0.05, 0) is 12.8 Å². The summed E-state index contributed by atoms with van der Waals surface area (Å²) in [6.45, 7) is 2.20. The molecule has 0 aliphatic carbocycles. The second-order valence-electron chi connectivity index (χ2n) is 6.84. The number of carboxylic acid groups (broad SMARTS) is 1. The summed E-state index contributed by atoms with van der Waals surface area (Å²) in [6, 6.07) is -0.730. The van der Waals surface area contributed by atoms with Crippen LogP contribution in [0.4, 0.5) is 0 Å². The molecule has 0 saturated heterocycles. The molecule has 4 atom stereocenters. The fraction of sp³-hybridized carbons (Fsp3) is 0.944. The molecule has 6 N–H and O–H groups in total. The Kier molecular flexibility index (Phi) is 14.2. The van der Waals surface area contributed by atoms with E-state index in [1.165, 1.54) is 38.5 Å². The van der Waals surface area contributed by atoms with Crippen LogP contribution >= 0.6 is 0 Å². The molecular weight excluding hydrogens is 310 g/mol. The number of aliphatic hydroxyl groups excluding tert-OH is 3. The molecule has 0 amide bonds. The van der Waals surface area contributed by atoms with Crippen LogP contribution in [-0.2, 0) is 4.79 Å². The summed E-state index contributed by atoms with van der Waals surface area (Å²) < 4.78 is 0. The van der Waals surface area contributed by atoms with Crippen molar-refractivity contribution in [2.75, 3.05) is 0 Å². The Morgan fingerprint density at radius 1 is 0.875 bits per heavy atom. The molecule has 0 radical (unpaired) electrons. The minimum atomic E-state index is -1.28. The van der Waals surface area contributed by atoms with Gasteiger partial charge in [0.2, 0.25) is 0 Å². The molecule has 0 aromatic rings. The van der Waals surface area contributed by atoms with Gasteiger partial charge in [-0.3, -0.25) is 4.79 Å². The highest BCUT2D eigenvalue weighted by Crippen LogP contribution is 2.15. The van der Waals surface area contributed by atoms with Crippen LogP contribution in [0.2, 0.25) is 0 Å². The predicted octanol–water partition coefficient (Wildman–Crippen LogP) is 2.18. The van der Waals surface area contributed by atoms with Gasteiger partial charge in [0.05, 0.1) is 18.6 Å². The number of hydrogen-bond acceptors (Lipinski definition) is 5. The molecule has 0 aromatic carbocycles. The van der Waals surface area contributed by atoms with Crippen molar-refractivity contribution in [3.8, 4) is 0 Å². The van der Waals surface area contributed by atoms with Crippen LogP contribution in [0.1, 0.15) is 84.0 Å². The molecule has 24 heavy (non-hydrogen) atoms. The van der Waals surface area contributed by atoms with Crippen LogP contribution in [0.15, 0.2) is 0 Å². The summed E-state index contributed by atoms with van der Waals surface area (Å²) in [5.74, 6) is -1.04. The van der Waals surface area contributed by atoms with Crippen molar-refractivity contribution in [2.24, 2.45) is 5.73 Å². The summed E-state index contributed by atoms with van der Waals surface area (Å²) in [7, 11) is 0. The number of rotatable bonds is 16. The van der Waals surface area contributed by atoms with Crippen molar-refractivity contribution in [3.63, 3.8) is 0 Å². The lowest BCUT2D eigenvalue weighted by Crippen LogP contribution is -2.41. The van der Waals surface area contributed by atoms with E-state index in [-0.39, 0.29) is 12.8 Å². The first kappa shape index (κ1) is 23.3. The summed E-state index contributed by atoms with van der Waals surface area (Å²) in [5.41, 5.74) is 5.58. The normalized spacial score (nSPS) is 16.5. The zero-order chi connectivity index (χ0) is 18.4. The zero-order valence-electron chi connectivity index (χ0n) is 15.1. The van der Waals surface area contributed by atoms with Crippen LogP contribution < -0.4 is 5.73 Å². The van der Waals surface area contributed by atoms with E-state index < -0.39 is 30.3 Å². The molecule has 6 heteroatoms. The second kappa shape index (κ2) is 14.6. The minimum Gasteiger partial charge on any atom is -0.481 e. The Balaban J connectivity index is 3.70. The van der Waals surface area contributed by atoms with E-state index in [1.54, 1.807) is 0 Å². The van der Waals surface area contributed by atoms with Gasteiger partial charge in [0.1, 0.15) is 6.10 Å². The van der Waals surface area contributed by atoms with Crippen LogP contribution in [0.5, 0.6) is 0 Å². The predicted molar refractivity (Wildman–Crippen MR) is 94.7 cm³/mol. The van der Waals surface area contributed by atoms with Crippen molar-refractivity contribution < 1.29 is 25.2 Å². The van der Waals surface area contributed by atoms with Gasteiger partial charge in [0, 0.05) is 6.04 Å². The molecule has 0 rings (SSSR count). The first-order valence-corrected chi connectivity index (χ1v) is 9.40. The monoisotopic (exact) mass is 347 g/mol. The van der Waals surface area contributed by atoms with Gasteiger partial charge in [-0.25, -0.2) is 0 Å². The Bertz CT molecular complexity index is 314. The minimum absolute atomic E-state index is 0.0394. The summed E-state index contributed by atoms with van der Waals surface area (Å²) in [4.78, 5) is 10.5. The molecule has 0 aliphatic rings. The molecule has 0 aliphatic heterocycles. The molecule has 0 fully saturated rings. The molecule has 6 nitrogen and oxygen atoms in total. The largest absolute Gasteiger partial charge is 0.481 e. The molecule has 0 heterocycles. The average molecular weight is 347 g/mol. The third-order valence-electron chi connectivity index (χ3n) is 4.37. The fourth-order valence-electron chi connectivity index (χ4n) is 2.85. The van der Waals surface area contributed by atoms with E-state index >= 15 is 0 Å². The molecule has 0 unspecified atom stereocenters. The number of aliphatic carboxylic acids is 1. The lowest BCUT2D eigenvalue weighted by molar-refractivity contribution is -0.137. The first-order valence-electron chi connectivity index (χ1n) is 9.40. The molecule has 144 valence electrons. The Morgan fingerprint density at radius 2 is 1.38 bits per heavy atom. The molecule has 0 spiro atoms.